The number of benzene rings is 2. The zero-order chi connectivity index (χ0) is 18.2. The number of hydrogen-bond acceptors (Lipinski definition) is 3. The molecular weight excluding hydrogens is 449 g/mol. The van der Waals surface area contributed by atoms with E-state index in [1.54, 1.807) is 22.8 Å². The summed E-state index contributed by atoms with van der Waals surface area (Å²) in [6.45, 7) is 2.05. The fourth-order valence-corrected chi connectivity index (χ4v) is 3.90. The molecule has 4 nitrogen and oxygen atoms in total. The Bertz CT molecular complexity index is 1050. The topological polar surface area (TPSA) is 56.1 Å². The third-order valence-corrected chi connectivity index (χ3v) is 5.91. The Kier molecular flexibility index (Phi) is 5.02. The fourth-order valence-electron chi connectivity index (χ4n) is 2.88. The largest absolute Gasteiger partial charge is 0.280 e. The highest BCUT2D eigenvalue weighted by Gasteiger charge is 2.18. The van der Waals surface area contributed by atoms with Crippen LogP contribution < -0.4 is 0 Å². The molecule has 0 amide bonds. The predicted octanol–water partition coefficient (Wildman–Crippen LogP) is 4.29. The number of fused-ring (bicyclic) bond motifs is 1. The van der Waals surface area contributed by atoms with Gasteiger partial charge in [-0.25, -0.2) is 8.42 Å². The summed E-state index contributed by atoms with van der Waals surface area (Å²) in [5.41, 5.74) is 2.24. The van der Waals surface area contributed by atoms with E-state index in [4.69, 9.17) is 0 Å². The van der Waals surface area contributed by atoms with Crippen molar-refractivity contribution >= 4 is 49.2 Å². The van der Waals surface area contributed by atoms with Gasteiger partial charge in [-0.3, -0.25) is 9.36 Å². The van der Waals surface area contributed by atoms with Crippen LogP contribution in [0.25, 0.3) is 10.9 Å². The van der Waals surface area contributed by atoms with E-state index in [1.807, 2.05) is 30.3 Å². The van der Waals surface area contributed by atoms with Gasteiger partial charge in [0, 0.05) is 26.5 Å². The monoisotopic (exact) mass is 467 g/mol. The van der Waals surface area contributed by atoms with E-state index in [2.05, 4.69) is 29.5 Å². The number of nitrogens with zero attached hydrogens (tertiary/aromatic N) is 1. The van der Waals surface area contributed by atoms with Gasteiger partial charge in [0.05, 0.1) is 10.4 Å². The van der Waals surface area contributed by atoms with Crippen LogP contribution in [0.2, 0.25) is 0 Å². The normalized spacial score (nSPS) is 11.8. The lowest BCUT2D eigenvalue weighted by molar-refractivity contribution is 0.0962. The van der Waals surface area contributed by atoms with Crippen molar-refractivity contribution in [3.05, 3.63) is 63.4 Å². The summed E-state index contributed by atoms with van der Waals surface area (Å²) < 4.78 is 26.4. The Morgan fingerprint density at radius 2 is 1.76 bits per heavy atom. The number of aromatic nitrogens is 1. The van der Waals surface area contributed by atoms with Crippen LogP contribution in [0.4, 0.5) is 0 Å². The highest BCUT2D eigenvalue weighted by molar-refractivity contribution is 14.1. The highest BCUT2D eigenvalue weighted by atomic mass is 127. The summed E-state index contributed by atoms with van der Waals surface area (Å²) in [7, 11) is -3.28. The third kappa shape index (κ3) is 3.64. The van der Waals surface area contributed by atoms with Crippen LogP contribution in [-0.4, -0.2) is 25.1 Å². The summed E-state index contributed by atoms with van der Waals surface area (Å²) in [4.78, 5) is 13.3. The van der Waals surface area contributed by atoms with E-state index in [9.17, 15) is 13.2 Å². The van der Waals surface area contributed by atoms with Crippen molar-refractivity contribution in [3.63, 3.8) is 0 Å². The minimum Gasteiger partial charge on any atom is -0.280 e. The molecule has 0 aliphatic carbocycles. The van der Waals surface area contributed by atoms with Gasteiger partial charge < -0.3 is 0 Å². The molecule has 6 heteroatoms. The van der Waals surface area contributed by atoms with Crippen molar-refractivity contribution in [2.45, 2.75) is 24.7 Å². The standard InChI is InChI=1S/C19H18INO3S/c1-3-4-16-11-14-12-17(25(2,23)24)9-10-18(14)21(16)19(22)13-5-7-15(20)8-6-13/h5-12H,3-4H2,1-2H3. The van der Waals surface area contributed by atoms with E-state index < -0.39 is 9.84 Å². The minimum absolute atomic E-state index is 0.0954. The molecule has 1 aromatic heterocycles. The van der Waals surface area contributed by atoms with Gasteiger partial charge in [-0.05, 0) is 77.5 Å². The van der Waals surface area contributed by atoms with Crippen molar-refractivity contribution in [1.82, 2.24) is 4.57 Å². The number of carbonyl (C=O) groups excluding carboxylic acids is 1. The van der Waals surface area contributed by atoms with E-state index in [0.717, 1.165) is 33.0 Å². The molecule has 2 aromatic carbocycles. The molecule has 0 aliphatic rings. The predicted molar refractivity (Wildman–Crippen MR) is 108 cm³/mol. The van der Waals surface area contributed by atoms with Crippen molar-refractivity contribution in [3.8, 4) is 0 Å². The molecule has 3 rings (SSSR count). The van der Waals surface area contributed by atoms with Crippen LogP contribution in [0.3, 0.4) is 0 Å². The number of hydrogen-bond donors (Lipinski definition) is 0. The lowest BCUT2D eigenvalue weighted by Gasteiger charge is -2.09. The molecule has 0 unspecified atom stereocenters. The number of aryl methyl sites for hydroxylation is 1. The molecule has 0 atom stereocenters. The maximum absolute atomic E-state index is 13.1. The van der Waals surface area contributed by atoms with Gasteiger partial charge in [0.1, 0.15) is 0 Å². The van der Waals surface area contributed by atoms with E-state index in [0.29, 0.717) is 5.56 Å². The second-order valence-electron chi connectivity index (χ2n) is 6.03. The lowest BCUT2D eigenvalue weighted by atomic mass is 10.2. The molecule has 0 saturated carbocycles. The minimum atomic E-state index is -3.28. The Morgan fingerprint density at radius 3 is 2.36 bits per heavy atom. The van der Waals surface area contributed by atoms with E-state index in [1.165, 1.54) is 6.26 Å². The first kappa shape index (κ1) is 18.1. The Hall–Kier alpha value is -1.67. The summed E-state index contributed by atoms with van der Waals surface area (Å²) in [6, 6.07) is 14.3. The number of halogens is 1. The second-order valence-corrected chi connectivity index (χ2v) is 9.29. The fraction of sp³-hybridized carbons (Fsp3) is 0.211. The maximum Gasteiger partial charge on any atom is 0.262 e. The average Bonchev–Trinajstić information content (AvgIpc) is 2.91. The van der Waals surface area contributed by atoms with Crippen molar-refractivity contribution in [1.29, 1.82) is 0 Å². The molecule has 3 aromatic rings. The Balaban J connectivity index is 2.19. The molecule has 25 heavy (non-hydrogen) atoms. The molecule has 0 N–H and O–H groups in total. The van der Waals surface area contributed by atoms with Gasteiger partial charge in [0.2, 0.25) is 0 Å². The van der Waals surface area contributed by atoms with Gasteiger partial charge in [0.25, 0.3) is 5.91 Å². The Morgan fingerprint density at radius 1 is 1.08 bits per heavy atom. The van der Waals surface area contributed by atoms with Crippen LogP contribution in [0.1, 0.15) is 29.4 Å². The highest BCUT2D eigenvalue weighted by Crippen LogP contribution is 2.25. The van der Waals surface area contributed by atoms with Crippen molar-refractivity contribution in [2.24, 2.45) is 0 Å². The molecule has 1 heterocycles. The van der Waals surface area contributed by atoms with Crippen LogP contribution in [0.5, 0.6) is 0 Å². The molecular formula is C19H18INO3S. The van der Waals surface area contributed by atoms with Crippen molar-refractivity contribution < 1.29 is 13.2 Å². The van der Waals surface area contributed by atoms with Crippen LogP contribution in [0, 0.1) is 3.57 Å². The van der Waals surface area contributed by atoms with Crippen LogP contribution in [-0.2, 0) is 16.3 Å². The summed E-state index contributed by atoms with van der Waals surface area (Å²) in [5.74, 6) is -0.0954. The first-order valence-electron chi connectivity index (χ1n) is 7.96. The van der Waals surface area contributed by atoms with Gasteiger partial charge in [-0.15, -0.1) is 0 Å². The smallest absolute Gasteiger partial charge is 0.262 e. The van der Waals surface area contributed by atoms with Gasteiger partial charge in [-0.2, -0.15) is 0 Å². The third-order valence-electron chi connectivity index (χ3n) is 4.08. The molecule has 0 spiro atoms. The van der Waals surface area contributed by atoms with Crippen LogP contribution >= 0.6 is 22.6 Å². The second kappa shape index (κ2) is 6.92. The van der Waals surface area contributed by atoms with Crippen molar-refractivity contribution in [2.75, 3.05) is 6.26 Å². The Labute approximate surface area is 160 Å². The first-order chi connectivity index (χ1) is 11.8. The number of sulfone groups is 1. The molecule has 0 bridgehead atoms. The summed E-state index contributed by atoms with van der Waals surface area (Å²) >= 11 is 2.20. The number of carbonyl (C=O) groups is 1. The van der Waals surface area contributed by atoms with Crippen LogP contribution in [0.15, 0.2) is 53.4 Å². The van der Waals surface area contributed by atoms with Gasteiger partial charge in [-0.1, -0.05) is 13.3 Å². The molecule has 0 radical (unpaired) electrons. The molecule has 0 fully saturated rings. The first-order valence-corrected chi connectivity index (χ1v) is 10.9. The zero-order valence-corrected chi connectivity index (χ0v) is 17.0. The lowest BCUT2D eigenvalue weighted by Crippen LogP contribution is -2.14. The SMILES string of the molecule is CCCc1cc2cc(S(C)(=O)=O)ccc2n1C(=O)c1ccc(I)cc1. The number of rotatable bonds is 4. The van der Waals surface area contributed by atoms with E-state index >= 15 is 0 Å². The van der Waals surface area contributed by atoms with Gasteiger partial charge >= 0.3 is 0 Å². The zero-order valence-electron chi connectivity index (χ0n) is 14.0. The van der Waals surface area contributed by atoms with E-state index in [-0.39, 0.29) is 10.8 Å². The molecule has 0 saturated heterocycles. The molecule has 130 valence electrons. The van der Waals surface area contributed by atoms with Gasteiger partial charge in [0.15, 0.2) is 9.84 Å². The summed E-state index contributed by atoms with van der Waals surface area (Å²) in [5, 5.41) is 0.769. The maximum atomic E-state index is 13.1. The molecule has 0 aliphatic heterocycles. The average molecular weight is 467 g/mol. The quantitative estimate of drug-likeness (QED) is 0.538. The summed E-state index contributed by atoms with van der Waals surface area (Å²) in [6.07, 6.45) is 2.84.